The molecule has 3 fully saturated rings. The predicted molar refractivity (Wildman–Crippen MR) is 405 cm³/mol. The number of amides is 6. The predicted octanol–water partition coefficient (Wildman–Crippen LogP) is 6.00. The summed E-state index contributed by atoms with van der Waals surface area (Å²) in [5.41, 5.74) is 22.7. The standard InChI is InChI=1S/C30H29N3O6.C29H28N4O6.C22H22N4O6/c1-3-22-18-23(12-13-25(22)31-2)32-29(36)27(35)28-30(37)33(14-15-38-28)24-11-7-10-21(16-24)17-26(34)39-19-20-8-5-4-6-9-20;30-27-23-10-9-21(15-20(23)16-31-27)32-28(36)25(35)26-29(37)33(11-12-38-26)22-8-4-7-19(13-22)14-24(34)39-17-18-5-2-1-3-6-18;23-20-16-5-4-14(10-13(16)11-24-20)25-21(30)18(29)19-22(31)26(6-7-32-19)15-3-1-2-12(8-15)9-17(27)28/h4-13,16,18,27-28,35H,3,14-15,17,19H2,1H3,(H,32,36);1-10,13,15,25-26,35H,11-12,14,16-17H2,(H2,30,31)(H,32,36);1-5,8,10,18-19,29H,6-7,9,11H2,(H2,23,24)(H,25,30)(H,27,28)/t27-,28-;25-,26-;18-,19-/m111/s1. The number of hydrogen-bond donors (Lipinski definition) is 9. The van der Waals surface area contributed by atoms with Crippen molar-refractivity contribution in [2.45, 2.75) is 95.5 Å². The molecule has 5 aliphatic rings. The van der Waals surface area contributed by atoms with Gasteiger partial charge in [0.05, 0.1) is 58.7 Å². The fraction of sp³-hybridized carbons (Fsp3) is 0.259. The number of carboxylic acid groups (broad SMARTS) is 1. The highest BCUT2D eigenvalue weighted by molar-refractivity contribution is 6.08. The van der Waals surface area contributed by atoms with E-state index < -0.39 is 90.0 Å². The van der Waals surface area contributed by atoms with E-state index in [9.17, 15) is 58.5 Å². The van der Waals surface area contributed by atoms with Crippen LogP contribution in [0, 0.1) is 6.57 Å². The number of carboxylic acids is 1. The smallest absolute Gasteiger partial charge is 0.310 e. The highest BCUT2D eigenvalue weighted by Gasteiger charge is 2.43. The molecular formula is C81H79N11O18. The normalized spacial score (nSPS) is 17.1. The van der Waals surface area contributed by atoms with Crippen LogP contribution in [0.2, 0.25) is 0 Å². The van der Waals surface area contributed by atoms with Gasteiger partial charge in [-0.05, 0) is 136 Å². The first-order valence-electron chi connectivity index (χ1n) is 35.1. The number of rotatable bonds is 23. The van der Waals surface area contributed by atoms with Crippen molar-refractivity contribution in [3.63, 3.8) is 0 Å². The molecule has 0 aliphatic carbocycles. The largest absolute Gasteiger partial charge is 0.481 e. The van der Waals surface area contributed by atoms with Gasteiger partial charge in [0.15, 0.2) is 42.3 Å². The second-order valence-electron chi connectivity index (χ2n) is 25.8. The van der Waals surface area contributed by atoms with E-state index in [-0.39, 0.29) is 71.9 Å². The maximum Gasteiger partial charge on any atom is 0.310 e. The quantitative estimate of drug-likeness (QED) is 0.0262. The van der Waals surface area contributed by atoms with Crippen LogP contribution in [-0.2, 0) is 119 Å². The van der Waals surface area contributed by atoms with E-state index in [0.29, 0.717) is 87.7 Å². The molecule has 566 valence electrons. The molecule has 11 N–H and O–H groups in total. The first-order valence-corrected chi connectivity index (χ1v) is 35.1. The van der Waals surface area contributed by atoms with Gasteiger partial charge in [-0.1, -0.05) is 110 Å². The Kier molecular flexibility index (Phi) is 26.1. The van der Waals surface area contributed by atoms with Crippen molar-refractivity contribution >= 4 is 105 Å². The molecule has 0 unspecified atom stereocenters. The summed E-state index contributed by atoms with van der Waals surface area (Å²) in [7, 11) is 0. The van der Waals surface area contributed by atoms with Gasteiger partial charge < -0.3 is 86.2 Å². The molecule has 8 aromatic carbocycles. The zero-order valence-corrected chi connectivity index (χ0v) is 59.6. The highest BCUT2D eigenvalue weighted by Crippen LogP contribution is 2.30. The van der Waals surface area contributed by atoms with Crippen LogP contribution < -0.4 is 42.1 Å². The van der Waals surface area contributed by atoms with E-state index in [0.717, 1.165) is 38.9 Å². The van der Waals surface area contributed by atoms with Gasteiger partial charge in [-0.3, -0.25) is 53.1 Å². The molecule has 6 amide bonds. The molecule has 0 bridgehead atoms. The Morgan fingerprint density at radius 3 is 1.21 bits per heavy atom. The zero-order valence-electron chi connectivity index (χ0n) is 59.6. The second-order valence-corrected chi connectivity index (χ2v) is 25.8. The third kappa shape index (κ3) is 19.9. The van der Waals surface area contributed by atoms with Crippen molar-refractivity contribution in [2.24, 2.45) is 21.5 Å². The van der Waals surface area contributed by atoms with Gasteiger partial charge >= 0.3 is 17.9 Å². The van der Waals surface area contributed by atoms with E-state index in [1.54, 1.807) is 127 Å². The van der Waals surface area contributed by atoms with Crippen molar-refractivity contribution in [1.82, 2.24) is 0 Å². The number of amidine groups is 2. The Bertz CT molecular complexity index is 4880. The van der Waals surface area contributed by atoms with Crippen molar-refractivity contribution in [3.05, 3.63) is 255 Å². The monoisotopic (exact) mass is 1490 g/mol. The summed E-state index contributed by atoms with van der Waals surface area (Å²) >= 11 is 0. The van der Waals surface area contributed by atoms with Crippen LogP contribution in [0.3, 0.4) is 0 Å². The number of esters is 2. The number of aliphatic carboxylic acids is 1. The van der Waals surface area contributed by atoms with Crippen molar-refractivity contribution in [1.29, 1.82) is 0 Å². The number of aryl methyl sites for hydroxylation is 1. The van der Waals surface area contributed by atoms with Crippen molar-refractivity contribution in [2.75, 3.05) is 70.1 Å². The number of fused-ring (bicyclic) bond motifs is 2. The Morgan fingerprint density at radius 2 is 0.845 bits per heavy atom. The van der Waals surface area contributed by atoms with Crippen molar-refractivity contribution in [3.8, 4) is 0 Å². The van der Waals surface area contributed by atoms with Crippen LogP contribution in [0.15, 0.2) is 198 Å². The van der Waals surface area contributed by atoms with Crippen LogP contribution >= 0.6 is 0 Å². The van der Waals surface area contributed by atoms with Crippen LogP contribution in [0.25, 0.3) is 4.85 Å². The van der Waals surface area contributed by atoms with Gasteiger partial charge in [-0.2, -0.15) is 0 Å². The third-order valence-electron chi connectivity index (χ3n) is 18.2. The number of aliphatic hydroxyl groups excluding tert-OH is 3. The molecule has 5 aliphatic heterocycles. The van der Waals surface area contributed by atoms with Crippen LogP contribution in [0.4, 0.5) is 39.8 Å². The Balaban J connectivity index is 0.000000165. The Labute approximate surface area is 631 Å². The molecule has 0 radical (unpaired) electrons. The van der Waals surface area contributed by atoms with E-state index in [2.05, 4.69) is 30.8 Å². The molecule has 29 nitrogen and oxygen atoms in total. The van der Waals surface area contributed by atoms with Gasteiger partial charge in [-0.25, -0.2) is 4.85 Å². The van der Waals surface area contributed by atoms with Gasteiger partial charge in [0.2, 0.25) is 0 Å². The average Bonchev–Trinajstić information content (AvgIpc) is 0.847. The molecule has 29 heteroatoms. The van der Waals surface area contributed by atoms with Crippen LogP contribution in [-0.4, -0.2) is 162 Å². The van der Waals surface area contributed by atoms with E-state index in [1.807, 2.05) is 67.6 Å². The molecule has 110 heavy (non-hydrogen) atoms. The number of aliphatic hydroxyl groups is 3. The second kappa shape index (κ2) is 36.7. The third-order valence-corrected chi connectivity index (χ3v) is 18.2. The molecule has 0 spiro atoms. The summed E-state index contributed by atoms with van der Waals surface area (Å²) in [5, 5.41) is 48.8. The molecule has 5 heterocycles. The highest BCUT2D eigenvalue weighted by atomic mass is 16.5. The van der Waals surface area contributed by atoms with E-state index in [4.69, 9.17) is 46.8 Å². The number of morpholine rings is 3. The summed E-state index contributed by atoms with van der Waals surface area (Å²) in [6, 6.07) is 54.3. The lowest BCUT2D eigenvalue weighted by Gasteiger charge is -2.34. The van der Waals surface area contributed by atoms with Gasteiger partial charge in [-0.15, -0.1) is 0 Å². The number of carbonyl (C=O) groups excluding carboxylic acids is 8. The molecule has 8 aromatic rings. The summed E-state index contributed by atoms with van der Waals surface area (Å²) in [6.45, 7) is 11.3. The average molecular weight is 1490 g/mol. The molecule has 0 saturated carbocycles. The van der Waals surface area contributed by atoms with Crippen LogP contribution in [0.1, 0.15) is 62.6 Å². The summed E-state index contributed by atoms with van der Waals surface area (Å²) in [6.07, 6.45) is -8.90. The van der Waals surface area contributed by atoms with Gasteiger partial charge in [0.1, 0.15) is 24.9 Å². The zero-order chi connectivity index (χ0) is 78.0. The number of nitrogens with zero attached hydrogens (tertiary/aromatic N) is 6. The Hall–Kier alpha value is -12.8. The number of nitrogens with two attached hydrogens (primary N) is 2. The lowest BCUT2D eigenvalue weighted by atomic mass is 10.1. The first-order chi connectivity index (χ1) is 53.1. The lowest BCUT2D eigenvalue weighted by molar-refractivity contribution is -0.150. The first kappa shape index (κ1) is 78.3. The molecular weight excluding hydrogens is 1410 g/mol. The summed E-state index contributed by atoms with van der Waals surface area (Å²) in [5.74, 6) is -4.93. The summed E-state index contributed by atoms with van der Waals surface area (Å²) < 4.78 is 27.1. The minimum Gasteiger partial charge on any atom is -0.481 e. The maximum absolute atomic E-state index is 13.2. The summed E-state index contributed by atoms with van der Waals surface area (Å²) in [4.78, 5) is 129. The van der Waals surface area contributed by atoms with E-state index >= 15 is 0 Å². The fourth-order valence-electron chi connectivity index (χ4n) is 12.6. The fourth-order valence-corrected chi connectivity index (χ4v) is 12.6. The number of benzene rings is 8. The van der Waals surface area contributed by atoms with E-state index in [1.165, 1.54) is 14.7 Å². The van der Waals surface area contributed by atoms with Crippen LogP contribution in [0.5, 0.6) is 0 Å². The Morgan fingerprint density at radius 1 is 0.491 bits per heavy atom. The molecule has 3 saturated heterocycles. The maximum atomic E-state index is 13.2. The SMILES string of the molecule is NC1=NCc2cc(NC(=O)[C@H](O)[C@H]3OCCN(c4cccc(CC(=O)O)c4)C3=O)ccc21.NC1=NCc2cc(NC(=O)[C@H](O)[C@H]3OCCN(c4cccc(CC(=O)OCc5ccccc5)c4)C3=O)ccc21.[C-]#[N+]c1ccc(NC(=O)[C@H](O)[C@H]2OCCN(c3cccc(CC(=O)OCc4ccccc4)c3)C2=O)cc1CC. The topological polar surface area (TPSA) is 408 Å². The number of aliphatic imine (C=N–C) groups is 2. The number of hydrogen-bond acceptors (Lipinski definition) is 21. The lowest BCUT2D eigenvalue weighted by Crippen LogP contribution is -2.55. The van der Waals surface area contributed by atoms with Gasteiger partial charge in [0.25, 0.3) is 35.4 Å². The number of nitrogens with one attached hydrogen (secondary N) is 3. The minimum absolute atomic E-state index is 0.0275. The van der Waals surface area contributed by atoms with Crippen molar-refractivity contribution < 1.29 is 87.3 Å². The number of anilines is 6. The minimum atomic E-state index is -1.75. The van der Waals surface area contributed by atoms with Gasteiger partial charge in [0, 0.05) is 64.9 Å². The number of ether oxygens (including phenoxy) is 5. The molecule has 13 rings (SSSR count). The molecule has 0 aromatic heterocycles. The number of carbonyl (C=O) groups is 9. The molecule has 6 atom stereocenters.